The number of tetrazole rings is 1. The molecular formula is C16H25BN6O3. The SMILES string of the molecule is NC(CCCCCB(O)O)c1nnnn1CC(=O)NCc1ccccc1. The average Bonchev–Trinajstić information content (AvgIpc) is 3.08. The molecular weight excluding hydrogens is 335 g/mol. The summed E-state index contributed by atoms with van der Waals surface area (Å²) < 4.78 is 1.42. The molecule has 0 saturated carbocycles. The molecule has 1 amide bonds. The first kappa shape index (κ1) is 20.0. The van der Waals surface area contributed by atoms with Gasteiger partial charge in [0.15, 0.2) is 5.82 Å². The summed E-state index contributed by atoms with van der Waals surface area (Å²) in [6.07, 6.45) is 3.39. The number of nitrogens with zero attached hydrogens (tertiary/aromatic N) is 4. The molecule has 0 spiro atoms. The number of unbranched alkanes of at least 4 members (excludes halogenated alkanes) is 2. The van der Waals surface area contributed by atoms with Crippen molar-refractivity contribution in [2.75, 3.05) is 0 Å². The summed E-state index contributed by atoms with van der Waals surface area (Å²) in [5.41, 5.74) is 7.15. The van der Waals surface area contributed by atoms with Crippen molar-refractivity contribution in [2.45, 2.75) is 51.1 Å². The Morgan fingerprint density at radius 2 is 2.00 bits per heavy atom. The molecule has 9 nitrogen and oxygen atoms in total. The normalized spacial score (nSPS) is 12.0. The van der Waals surface area contributed by atoms with Crippen LogP contribution in [0, 0.1) is 0 Å². The molecule has 1 unspecified atom stereocenters. The molecule has 0 fully saturated rings. The fraction of sp³-hybridized carbons (Fsp3) is 0.500. The number of hydrogen-bond donors (Lipinski definition) is 4. The van der Waals surface area contributed by atoms with Crippen LogP contribution >= 0.6 is 0 Å². The molecule has 0 radical (unpaired) electrons. The van der Waals surface area contributed by atoms with Crippen molar-refractivity contribution in [3.8, 4) is 0 Å². The Balaban J connectivity index is 1.76. The topological polar surface area (TPSA) is 139 Å². The molecule has 26 heavy (non-hydrogen) atoms. The van der Waals surface area contributed by atoms with Gasteiger partial charge in [-0.05, 0) is 28.7 Å². The van der Waals surface area contributed by atoms with E-state index in [4.69, 9.17) is 15.8 Å². The van der Waals surface area contributed by atoms with Crippen LogP contribution in [0.25, 0.3) is 0 Å². The third kappa shape index (κ3) is 6.91. The van der Waals surface area contributed by atoms with E-state index in [-0.39, 0.29) is 18.5 Å². The van der Waals surface area contributed by atoms with Crippen molar-refractivity contribution < 1.29 is 14.8 Å². The number of aromatic nitrogens is 4. The second kappa shape index (κ2) is 10.6. The lowest BCUT2D eigenvalue weighted by Crippen LogP contribution is -2.29. The van der Waals surface area contributed by atoms with E-state index in [1.54, 1.807) is 0 Å². The summed E-state index contributed by atoms with van der Waals surface area (Å²) in [6.45, 7) is 0.458. The Labute approximate surface area is 152 Å². The minimum Gasteiger partial charge on any atom is -0.427 e. The van der Waals surface area contributed by atoms with E-state index in [0.717, 1.165) is 24.8 Å². The highest BCUT2D eigenvalue weighted by molar-refractivity contribution is 6.40. The maximum Gasteiger partial charge on any atom is 0.451 e. The van der Waals surface area contributed by atoms with Gasteiger partial charge in [-0.3, -0.25) is 4.79 Å². The highest BCUT2D eigenvalue weighted by Crippen LogP contribution is 2.15. The highest BCUT2D eigenvalue weighted by Gasteiger charge is 2.17. The van der Waals surface area contributed by atoms with Crippen LogP contribution in [0.5, 0.6) is 0 Å². The number of carbonyl (C=O) groups excluding carboxylic acids is 1. The molecule has 1 aromatic carbocycles. The van der Waals surface area contributed by atoms with Gasteiger partial charge >= 0.3 is 7.12 Å². The summed E-state index contributed by atoms with van der Waals surface area (Å²) in [5, 5.41) is 31.9. The van der Waals surface area contributed by atoms with Gasteiger partial charge in [0.05, 0.1) is 6.04 Å². The van der Waals surface area contributed by atoms with E-state index >= 15 is 0 Å². The Morgan fingerprint density at radius 1 is 1.23 bits per heavy atom. The molecule has 10 heteroatoms. The predicted molar refractivity (Wildman–Crippen MR) is 96.5 cm³/mol. The van der Waals surface area contributed by atoms with Gasteiger partial charge in [-0.1, -0.05) is 49.6 Å². The smallest absolute Gasteiger partial charge is 0.427 e. The molecule has 0 aliphatic carbocycles. The summed E-state index contributed by atoms with van der Waals surface area (Å²) in [5.74, 6) is 0.286. The molecule has 2 rings (SSSR count). The standard InChI is InChI=1S/C16H25BN6O3/c18-14(9-5-2-6-10-17(25)26)16-20-21-22-23(16)12-15(24)19-11-13-7-3-1-4-8-13/h1,3-4,7-8,14,25-26H,2,5-6,9-12,18H2,(H,19,24). The van der Waals surface area contributed by atoms with Crippen LogP contribution in [-0.2, 0) is 17.9 Å². The minimum atomic E-state index is -1.26. The molecule has 0 saturated heterocycles. The van der Waals surface area contributed by atoms with Gasteiger partial charge in [0.2, 0.25) is 5.91 Å². The lowest BCUT2D eigenvalue weighted by atomic mass is 9.83. The van der Waals surface area contributed by atoms with E-state index in [9.17, 15) is 4.79 Å². The Kier molecular flexibility index (Phi) is 8.19. The largest absolute Gasteiger partial charge is 0.451 e. The number of hydrogen-bond acceptors (Lipinski definition) is 7. The lowest BCUT2D eigenvalue weighted by molar-refractivity contribution is -0.122. The van der Waals surface area contributed by atoms with Crippen molar-refractivity contribution >= 4 is 13.0 Å². The molecule has 1 atom stereocenters. The number of nitrogens with two attached hydrogens (primary N) is 1. The predicted octanol–water partition coefficient (Wildman–Crippen LogP) is 0.0225. The van der Waals surface area contributed by atoms with E-state index in [0.29, 0.717) is 25.1 Å². The zero-order valence-corrected chi connectivity index (χ0v) is 14.7. The second-order valence-electron chi connectivity index (χ2n) is 6.18. The van der Waals surface area contributed by atoms with Crippen molar-refractivity contribution in [3.63, 3.8) is 0 Å². The van der Waals surface area contributed by atoms with Gasteiger partial charge in [-0.25, -0.2) is 4.68 Å². The van der Waals surface area contributed by atoms with E-state index < -0.39 is 7.12 Å². The van der Waals surface area contributed by atoms with E-state index in [1.807, 2.05) is 30.3 Å². The number of amides is 1. The number of rotatable bonds is 11. The van der Waals surface area contributed by atoms with Crippen LogP contribution in [0.1, 0.15) is 43.1 Å². The number of benzene rings is 1. The third-order valence-electron chi connectivity index (χ3n) is 3.99. The first-order valence-corrected chi connectivity index (χ1v) is 8.74. The first-order chi connectivity index (χ1) is 12.6. The van der Waals surface area contributed by atoms with Crippen molar-refractivity contribution in [1.82, 2.24) is 25.5 Å². The summed E-state index contributed by atoms with van der Waals surface area (Å²) in [4.78, 5) is 12.1. The van der Waals surface area contributed by atoms with Crippen LogP contribution in [0.2, 0.25) is 6.32 Å². The number of nitrogens with one attached hydrogen (secondary N) is 1. The Bertz CT molecular complexity index is 667. The van der Waals surface area contributed by atoms with Crippen LogP contribution in [0.4, 0.5) is 0 Å². The van der Waals surface area contributed by atoms with Crippen molar-refractivity contribution in [3.05, 3.63) is 41.7 Å². The quantitative estimate of drug-likeness (QED) is 0.327. The first-order valence-electron chi connectivity index (χ1n) is 8.74. The average molecular weight is 360 g/mol. The summed E-state index contributed by atoms with van der Waals surface area (Å²) >= 11 is 0. The fourth-order valence-corrected chi connectivity index (χ4v) is 2.58. The Hall–Kier alpha value is -2.30. The maximum absolute atomic E-state index is 12.1. The lowest BCUT2D eigenvalue weighted by Gasteiger charge is -2.12. The van der Waals surface area contributed by atoms with Crippen molar-refractivity contribution in [1.29, 1.82) is 0 Å². The maximum atomic E-state index is 12.1. The van der Waals surface area contributed by atoms with Crippen LogP contribution < -0.4 is 11.1 Å². The van der Waals surface area contributed by atoms with Crippen molar-refractivity contribution in [2.24, 2.45) is 5.73 Å². The Morgan fingerprint density at radius 3 is 2.73 bits per heavy atom. The van der Waals surface area contributed by atoms with Crippen LogP contribution in [0.3, 0.4) is 0 Å². The highest BCUT2D eigenvalue weighted by atomic mass is 16.4. The summed E-state index contributed by atoms with van der Waals surface area (Å²) in [6, 6.07) is 9.27. The van der Waals surface area contributed by atoms with Gasteiger partial charge in [0, 0.05) is 6.54 Å². The monoisotopic (exact) mass is 360 g/mol. The zero-order valence-electron chi connectivity index (χ0n) is 14.7. The van der Waals surface area contributed by atoms with Gasteiger partial charge in [0.1, 0.15) is 6.54 Å². The van der Waals surface area contributed by atoms with Crippen LogP contribution in [-0.4, -0.2) is 43.3 Å². The van der Waals surface area contributed by atoms with Gasteiger partial charge in [-0.2, -0.15) is 0 Å². The van der Waals surface area contributed by atoms with E-state index in [1.165, 1.54) is 4.68 Å². The molecule has 140 valence electrons. The second-order valence-corrected chi connectivity index (χ2v) is 6.18. The van der Waals surface area contributed by atoms with Gasteiger partial charge in [0.25, 0.3) is 0 Å². The third-order valence-corrected chi connectivity index (χ3v) is 3.99. The molecule has 0 aliphatic heterocycles. The zero-order chi connectivity index (χ0) is 18.8. The molecule has 5 N–H and O–H groups in total. The summed E-state index contributed by atoms with van der Waals surface area (Å²) in [7, 11) is -1.26. The molecule has 0 bridgehead atoms. The molecule has 1 heterocycles. The fourth-order valence-electron chi connectivity index (χ4n) is 2.58. The number of carbonyl (C=O) groups is 1. The van der Waals surface area contributed by atoms with E-state index in [2.05, 4.69) is 20.8 Å². The van der Waals surface area contributed by atoms with Gasteiger partial charge < -0.3 is 21.1 Å². The molecule has 0 aliphatic rings. The minimum absolute atomic E-state index is 0.0135. The van der Waals surface area contributed by atoms with Crippen LogP contribution in [0.15, 0.2) is 30.3 Å². The van der Waals surface area contributed by atoms with Gasteiger partial charge in [-0.15, -0.1) is 5.10 Å². The molecule has 2 aromatic rings. The molecule has 1 aromatic heterocycles.